The fourth-order valence-electron chi connectivity index (χ4n) is 5.31. The van der Waals surface area contributed by atoms with E-state index in [1.54, 1.807) is 17.5 Å². The Balaban J connectivity index is 1.20. The highest BCUT2D eigenvalue weighted by Crippen LogP contribution is 2.37. The standard InChI is InChI=1S/C30H28N6OS/c1-19-4-7-29(38-19)25-17-32-18-28-23(25)14-27(33-28)30-24-13-20(5-6-26(24)34-35-30)21-12-22(16-31-15-21)37-11-10-36-8-2-3-9-36/h4-7,12-18,33H,2-3,8-11H2,1H3,(H,34,35). The lowest BCUT2D eigenvalue weighted by Gasteiger charge is -2.15. The number of H-pyrrole nitrogens is 2. The number of likely N-dealkylation sites (tertiary alicyclic amines) is 1. The second kappa shape index (κ2) is 9.70. The number of aromatic nitrogens is 5. The van der Waals surface area contributed by atoms with Crippen molar-refractivity contribution in [2.24, 2.45) is 0 Å². The van der Waals surface area contributed by atoms with Gasteiger partial charge in [0.1, 0.15) is 18.1 Å². The van der Waals surface area contributed by atoms with Crippen molar-refractivity contribution in [3.63, 3.8) is 0 Å². The van der Waals surface area contributed by atoms with Gasteiger partial charge < -0.3 is 9.72 Å². The number of pyridine rings is 2. The summed E-state index contributed by atoms with van der Waals surface area (Å²) < 4.78 is 6.05. The number of ether oxygens (including phenoxy) is 1. The molecule has 0 aliphatic carbocycles. The van der Waals surface area contributed by atoms with Gasteiger partial charge in [-0.15, -0.1) is 11.3 Å². The van der Waals surface area contributed by atoms with Crippen LogP contribution >= 0.6 is 11.3 Å². The van der Waals surface area contributed by atoms with E-state index in [2.05, 4.69) is 79.4 Å². The zero-order valence-corrected chi connectivity index (χ0v) is 22.0. The average Bonchev–Trinajstić information content (AvgIpc) is 3.74. The zero-order chi connectivity index (χ0) is 25.5. The fourth-order valence-corrected chi connectivity index (χ4v) is 6.20. The number of nitrogens with zero attached hydrogens (tertiary/aromatic N) is 4. The van der Waals surface area contributed by atoms with Crippen molar-refractivity contribution in [1.29, 1.82) is 0 Å². The maximum absolute atomic E-state index is 6.05. The Kier molecular flexibility index (Phi) is 5.91. The molecule has 7 rings (SSSR count). The molecule has 0 amide bonds. The van der Waals surface area contributed by atoms with E-state index >= 15 is 0 Å². The molecule has 0 spiro atoms. The van der Waals surface area contributed by atoms with E-state index in [1.165, 1.54) is 35.7 Å². The highest BCUT2D eigenvalue weighted by Gasteiger charge is 2.16. The number of fused-ring (bicyclic) bond motifs is 2. The lowest BCUT2D eigenvalue weighted by Crippen LogP contribution is -2.25. The molecule has 0 saturated carbocycles. The minimum Gasteiger partial charge on any atom is -0.491 e. The van der Waals surface area contributed by atoms with Gasteiger partial charge in [-0.3, -0.25) is 20.0 Å². The average molecular weight is 521 g/mol. The molecule has 6 aromatic rings. The van der Waals surface area contributed by atoms with Crippen molar-refractivity contribution in [2.75, 3.05) is 26.2 Å². The van der Waals surface area contributed by atoms with Crippen molar-refractivity contribution in [3.05, 3.63) is 72.1 Å². The first kappa shape index (κ1) is 23.1. The number of thiophene rings is 1. The van der Waals surface area contributed by atoms with Crippen LogP contribution in [0.25, 0.3) is 54.8 Å². The largest absolute Gasteiger partial charge is 0.491 e. The molecular formula is C30H28N6OS. The summed E-state index contributed by atoms with van der Waals surface area (Å²) in [5, 5.41) is 10.1. The Morgan fingerprint density at radius 1 is 0.895 bits per heavy atom. The molecule has 6 heterocycles. The third kappa shape index (κ3) is 4.36. The van der Waals surface area contributed by atoms with E-state index in [4.69, 9.17) is 4.74 Å². The number of hydrogen-bond donors (Lipinski definition) is 2. The highest BCUT2D eigenvalue weighted by atomic mass is 32.1. The van der Waals surface area contributed by atoms with Crippen LogP contribution in [0.3, 0.4) is 0 Å². The molecule has 1 fully saturated rings. The first-order valence-corrected chi connectivity index (χ1v) is 13.9. The van der Waals surface area contributed by atoms with Crippen LogP contribution in [0.4, 0.5) is 0 Å². The fraction of sp³-hybridized carbons (Fsp3) is 0.233. The molecule has 190 valence electrons. The Bertz CT molecular complexity index is 1740. The summed E-state index contributed by atoms with van der Waals surface area (Å²) in [6.07, 6.45) is 10.1. The molecule has 5 aromatic heterocycles. The van der Waals surface area contributed by atoms with Crippen molar-refractivity contribution in [1.82, 2.24) is 30.0 Å². The Morgan fingerprint density at radius 2 is 1.79 bits per heavy atom. The maximum Gasteiger partial charge on any atom is 0.138 e. The van der Waals surface area contributed by atoms with Crippen LogP contribution < -0.4 is 4.74 Å². The molecule has 8 heteroatoms. The zero-order valence-electron chi connectivity index (χ0n) is 21.2. The number of nitrogens with one attached hydrogen (secondary N) is 2. The Labute approximate surface area is 224 Å². The van der Waals surface area contributed by atoms with Gasteiger partial charge in [-0.1, -0.05) is 6.07 Å². The molecule has 0 radical (unpaired) electrons. The maximum atomic E-state index is 6.05. The summed E-state index contributed by atoms with van der Waals surface area (Å²) in [6, 6.07) is 14.9. The molecule has 0 atom stereocenters. The summed E-state index contributed by atoms with van der Waals surface area (Å²) in [7, 11) is 0. The second-order valence-corrected chi connectivity index (χ2v) is 11.2. The van der Waals surface area contributed by atoms with Gasteiger partial charge in [0.2, 0.25) is 0 Å². The van der Waals surface area contributed by atoms with Crippen LogP contribution in [0.5, 0.6) is 5.75 Å². The predicted octanol–water partition coefficient (Wildman–Crippen LogP) is 6.68. The molecule has 1 aromatic carbocycles. The summed E-state index contributed by atoms with van der Waals surface area (Å²) in [5.41, 5.74) is 7.06. The van der Waals surface area contributed by atoms with Crippen LogP contribution in [0.15, 0.2) is 67.3 Å². The molecule has 7 nitrogen and oxygen atoms in total. The second-order valence-electron chi connectivity index (χ2n) is 9.88. The van der Waals surface area contributed by atoms with Gasteiger partial charge in [0.05, 0.1) is 29.1 Å². The van der Waals surface area contributed by atoms with Gasteiger partial charge >= 0.3 is 0 Å². The van der Waals surface area contributed by atoms with Gasteiger partial charge in [0.25, 0.3) is 0 Å². The van der Waals surface area contributed by atoms with Crippen LogP contribution in [-0.2, 0) is 0 Å². The minimum atomic E-state index is 0.679. The van der Waals surface area contributed by atoms with E-state index in [-0.39, 0.29) is 0 Å². The van der Waals surface area contributed by atoms with E-state index < -0.39 is 0 Å². The number of aromatic amines is 2. The summed E-state index contributed by atoms with van der Waals surface area (Å²) >= 11 is 1.78. The molecule has 38 heavy (non-hydrogen) atoms. The Hall–Kier alpha value is -4.01. The normalized spacial score (nSPS) is 14.1. The molecule has 1 aliphatic heterocycles. The molecule has 0 unspecified atom stereocenters. The van der Waals surface area contributed by atoms with Gasteiger partial charge in [-0.2, -0.15) is 5.10 Å². The number of benzene rings is 1. The smallest absolute Gasteiger partial charge is 0.138 e. The summed E-state index contributed by atoms with van der Waals surface area (Å²) in [5.74, 6) is 0.800. The first-order valence-electron chi connectivity index (χ1n) is 13.0. The van der Waals surface area contributed by atoms with Gasteiger partial charge in [0, 0.05) is 50.6 Å². The first-order chi connectivity index (χ1) is 18.7. The van der Waals surface area contributed by atoms with E-state index in [1.807, 2.05) is 18.6 Å². The van der Waals surface area contributed by atoms with Crippen LogP contribution in [0.1, 0.15) is 17.7 Å². The topological polar surface area (TPSA) is 82.7 Å². The molecular weight excluding hydrogens is 492 g/mol. The number of aryl methyl sites for hydroxylation is 1. The molecule has 1 saturated heterocycles. The van der Waals surface area contributed by atoms with Crippen molar-refractivity contribution in [3.8, 4) is 38.7 Å². The lowest BCUT2D eigenvalue weighted by atomic mass is 10.0. The quantitative estimate of drug-likeness (QED) is 0.245. The van der Waals surface area contributed by atoms with Gasteiger partial charge in [-0.25, -0.2) is 0 Å². The van der Waals surface area contributed by atoms with E-state index in [0.717, 1.165) is 62.2 Å². The van der Waals surface area contributed by atoms with Gasteiger partial charge in [0.15, 0.2) is 0 Å². The molecule has 0 bridgehead atoms. The van der Waals surface area contributed by atoms with Crippen molar-refractivity contribution >= 4 is 33.1 Å². The lowest BCUT2D eigenvalue weighted by molar-refractivity contribution is 0.237. The number of rotatable bonds is 7. The van der Waals surface area contributed by atoms with Crippen LogP contribution in [0, 0.1) is 6.92 Å². The van der Waals surface area contributed by atoms with Crippen molar-refractivity contribution < 1.29 is 4.74 Å². The predicted molar refractivity (Wildman–Crippen MR) is 154 cm³/mol. The van der Waals surface area contributed by atoms with Gasteiger partial charge in [-0.05, 0) is 74.8 Å². The van der Waals surface area contributed by atoms with Crippen LogP contribution in [0.2, 0.25) is 0 Å². The Morgan fingerprint density at radius 3 is 2.66 bits per heavy atom. The number of hydrogen-bond acceptors (Lipinski definition) is 6. The summed E-state index contributed by atoms with van der Waals surface area (Å²) in [6.45, 7) is 6.12. The highest BCUT2D eigenvalue weighted by molar-refractivity contribution is 7.15. The SMILES string of the molecule is Cc1ccc(-c2cncc3[nH]c(-c4n[nH]c5ccc(-c6cncc(OCCN7CCCC7)c6)cc45)cc23)s1. The third-order valence-corrected chi connectivity index (χ3v) is 8.32. The molecule has 1 aliphatic rings. The summed E-state index contributed by atoms with van der Waals surface area (Å²) in [4.78, 5) is 17.4. The molecule has 2 N–H and O–H groups in total. The van der Waals surface area contributed by atoms with E-state index in [0.29, 0.717) is 6.61 Å². The van der Waals surface area contributed by atoms with Crippen molar-refractivity contribution in [2.45, 2.75) is 19.8 Å². The minimum absolute atomic E-state index is 0.679. The van der Waals surface area contributed by atoms with Crippen LogP contribution in [-0.4, -0.2) is 56.3 Å². The third-order valence-electron chi connectivity index (χ3n) is 7.29. The van der Waals surface area contributed by atoms with E-state index in [9.17, 15) is 0 Å². The monoisotopic (exact) mass is 520 g/mol.